The van der Waals surface area contributed by atoms with E-state index in [1.54, 1.807) is 19.1 Å². The lowest BCUT2D eigenvalue weighted by atomic mass is 10.2. The number of hydrogen-bond acceptors (Lipinski definition) is 7. The van der Waals surface area contributed by atoms with E-state index in [0.29, 0.717) is 0 Å². The van der Waals surface area contributed by atoms with E-state index in [9.17, 15) is 25.0 Å². The fourth-order valence-corrected chi connectivity index (χ4v) is 1.90. The maximum atomic E-state index is 11.9. The lowest BCUT2D eigenvalue weighted by molar-refractivity contribution is -0.394. The van der Waals surface area contributed by atoms with Gasteiger partial charge in [0.05, 0.1) is 22.5 Å². The average molecular weight is 332 g/mol. The van der Waals surface area contributed by atoms with Crippen LogP contribution in [0.1, 0.15) is 17.3 Å². The molecule has 0 atom stereocenters. The second-order valence-corrected chi connectivity index (χ2v) is 4.48. The molecule has 0 bridgehead atoms. The van der Waals surface area contributed by atoms with Crippen LogP contribution in [0.25, 0.3) is 0 Å². The minimum absolute atomic E-state index is 0.0490. The molecule has 0 aliphatic carbocycles. The summed E-state index contributed by atoms with van der Waals surface area (Å²) in [7, 11) is 0. The summed E-state index contributed by atoms with van der Waals surface area (Å²) in [5, 5.41) is 21.9. The molecule has 0 saturated heterocycles. The predicted octanol–water partition coefficient (Wildman–Crippen LogP) is 3.47. The Morgan fingerprint density at radius 3 is 2.38 bits per heavy atom. The first-order valence-corrected chi connectivity index (χ1v) is 6.81. The van der Waals surface area contributed by atoms with E-state index in [-0.39, 0.29) is 23.7 Å². The van der Waals surface area contributed by atoms with Gasteiger partial charge in [-0.15, -0.1) is 0 Å². The minimum atomic E-state index is -0.796. The first-order chi connectivity index (χ1) is 11.4. The summed E-state index contributed by atoms with van der Waals surface area (Å²) in [6.45, 7) is 1.80. The molecule has 0 aliphatic heterocycles. The van der Waals surface area contributed by atoms with Crippen molar-refractivity contribution in [1.82, 2.24) is 0 Å². The fraction of sp³-hybridized carbons (Fsp3) is 0.133. The second-order valence-electron chi connectivity index (χ2n) is 4.48. The Kier molecular flexibility index (Phi) is 5.05. The normalized spacial score (nSPS) is 10.0. The molecule has 0 amide bonds. The molecule has 9 nitrogen and oxygen atoms in total. The highest BCUT2D eigenvalue weighted by Crippen LogP contribution is 2.35. The number of ether oxygens (including phenoxy) is 2. The number of non-ortho nitro benzene ring substituents is 1. The van der Waals surface area contributed by atoms with Gasteiger partial charge in [-0.1, -0.05) is 12.1 Å². The Labute approximate surface area is 135 Å². The summed E-state index contributed by atoms with van der Waals surface area (Å²) in [5.41, 5.74) is -0.928. The van der Waals surface area contributed by atoms with Crippen molar-refractivity contribution in [2.24, 2.45) is 0 Å². The number of nitrogens with zero attached hydrogens (tertiary/aromatic N) is 2. The summed E-state index contributed by atoms with van der Waals surface area (Å²) in [5.74, 6) is -0.812. The van der Waals surface area contributed by atoms with Crippen LogP contribution < -0.4 is 4.74 Å². The molecular formula is C15H12N2O7. The average Bonchev–Trinajstić information content (AvgIpc) is 2.55. The number of carbonyl (C=O) groups is 1. The van der Waals surface area contributed by atoms with Crippen molar-refractivity contribution in [2.45, 2.75) is 6.92 Å². The van der Waals surface area contributed by atoms with Crippen LogP contribution in [0.4, 0.5) is 11.4 Å². The SMILES string of the molecule is CCOC(=O)c1ccccc1Oc1ccc([N+](=O)[O-])cc1[N+](=O)[O-]. The first kappa shape index (κ1) is 16.9. The van der Waals surface area contributed by atoms with Gasteiger partial charge in [-0.05, 0) is 25.1 Å². The van der Waals surface area contributed by atoms with Crippen LogP contribution in [0.15, 0.2) is 42.5 Å². The van der Waals surface area contributed by atoms with Gasteiger partial charge in [0, 0.05) is 6.07 Å². The molecule has 0 aliphatic rings. The Hall–Kier alpha value is -3.49. The van der Waals surface area contributed by atoms with E-state index >= 15 is 0 Å². The van der Waals surface area contributed by atoms with E-state index in [2.05, 4.69) is 0 Å². The van der Waals surface area contributed by atoms with Crippen molar-refractivity contribution < 1.29 is 24.1 Å². The number of benzene rings is 2. The van der Waals surface area contributed by atoms with Gasteiger partial charge < -0.3 is 9.47 Å². The van der Waals surface area contributed by atoms with E-state index in [1.165, 1.54) is 12.1 Å². The summed E-state index contributed by atoms with van der Waals surface area (Å²) < 4.78 is 10.3. The lowest BCUT2D eigenvalue weighted by Crippen LogP contribution is -2.06. The van der Waals surface area contributed by atoms with Crippen molar-refractivity contribution in [3.05, 3.63) is 68.3 Å². The molecule has 124 valence electrons. The Morgan fingerprint density at radius 1 is 1.04 bits per heavy atom. The van der Waals surface area contributed by atoms with Crippen molar-refractivity contribution in [3.63, 3.8) is 0 Å². The summed E-state index contributed by atoms with van der Waals surface area (Å²) in [6.07, 6.45) is 0. The second kappa shape index (κ2) is 7.18. The van der Waals surface area contributed by atoms with E-state index in [0.717, 1.165) is 18.2 Å². The third-order valence-corrected chi connectivity index (χ3v) is 2.95. The van der Waals surface area contributed by atoms with Gasteiger partial charge in [0.2, 0.25) is 5.75 Å². The highest BCUT2D eigenvalue weighted by Gasteiger charge is 2.23. The molecule has 2 aromatic rings. The van der Waals surface area contributed by atoms with Gasteiger partial charge in [0.15, 0.2) is 0 Å². The molecule has 2 rings (SSSR count). The number of nitro benzene ring substituents is 2. The summed E-state index contributed by atoms with van der Waals surface area (Å²) in [6, 6.07) is 9.04. The zero-order chi connectivity index (χ0) is 17.7. The third kappa shape index (κ3) is 3.64. The molecule has 0 unspecified atom stereocenters. The monoisotopic (exact) mass is 332 g/mol. The van der Waals surface area contributed by atoms with Gasteiger partial charge in [-0.25, -0.2) is 4.79 Å². The molecule has 0 fully saturated rings. The van der Waals surface area contributed by atoms with Gasteiger partial charge in [0.1, 0.15) is 11.3 Å². The molecule has 0 N–H and O–H groups in total. The predicted molar refractivity (Wildman–Crippen MR) is 82.2 cm³/mol. The molecule has 9 heteroatoms. The maximum Gasteiger partial charge on any atom is 0.341 e. The van der Waals surface area contributed by atoms with Crippen molar-refractivity contribution in [3.8, 4) is 11.5 Å². The fourth-order valence-electron chi connectivity index (χ4n) is 1.90. The van der Waals surface area contributed by atoms with E-state index in [1.807, 2.05) is 0 Å². The smallest absolute Gasteiger partial charge is 0.341 e. The molecular weight excluding hydrogens is 320 g/mol. The third-order valence-electron chi connectivity index (χ3n) is 2.95. The molecule has 2 aromatic carbocycles. The Bertz CT molecular complexity index is 804. The standard InChI is InChI=1S/C15H12N2O7/c1-2-23-15(18)11-5-3-4-6-13(11)24-14-8-7-10(16(19)20)9-12(14)17(21)22/h3-9H,2H2,1H3. The molecule has 24 heavy (non-hydrogen) atoms. The lowest BCUT2D eigenvalue weighted by Gasteiger charge is -2.10. The number of hydrogen-bond donors (Lipinski definition) is 0. The largest absolute Gasteiger partial charge is 0.462 e. The number of carbonyl (C=O) groups excluding carboxylic acids is 1. The zero-order valence-corrected chi connectivity index (χ0v) is 12.5. The molecule has 0 saturated carbocycles. The Balaban J connectivity index is 2.43. The number of para-hydroxylation sites is 1. The molecule has 0 radical (unpaired) electrons. The van der Waals surface area contributed by atoms with Crippen LogP contribution in [0.5, 0.6) is 11.5 Å². The van der Waals surface area contributed by atoms with Gasteiger partial charge >= 0.3 is 11.7 Å². The van der Waals surface area contributed by atoms with Crippen molar-refractivity contribution in [1.29, 1.82) is 0 Å². The van der Waals surface area contributed by atoms with Crippen LogP contribution in [-0.2, 0) is 4.74 Å². The Morgan fingerprint density at radius 2 is 1.75 bits per heavy atom. The van der Waals surface area contributed by atoms with Crippen LogP contribution in [0.3, 0.4) is 0 Å². The topological polar surface area (TPSA) is 122 Å². The van der Waals surface area contributed by atoms with Gasteiger partial charge in [0.25, 0.3) is 5.69 Å². The number of rotatable bonds is 6. The number of nitro groups is 2. The first-order valence-electron chi connectivity index (χ1n) is 6.81. The minimum Gasteiger partial charge on any atom is -0.462 e. The number of esters is 1. The van der Waals surface area contributed by atoms with Crippen LogP contribution >= 0.6 is 0 Å². The quantitative estimate of drug-likeness (QED) is 0.451. The maximum absolute atomic E-state index is 11.9. The molecule has 0 spiro atoms. The van der Waals surface area contributed by atoms with Crippen molar-refractivity contribution in [2.75, 3.05) is 6.61 Å². The highest BCUT2D eigenvalue weighted by molar-refractivity contribution is 5.92. The molecule has 0 heterocycles. The van der Waals surface area contributed by atoms with Crippen LogP contribution in [-0.4, -0.2) is 22.4 Å². The molecule has 0 aromatic heterocycles. The van der Waals surface area contributed by atoms with Gasteiger partial charge in [-0.3, -0.25) is 20.2 Å². The van der Waals surface area contributed by atoms with Crippen LogP contribution in [0, 0.1) is 20.2 Å². The van der Waals surface area contributed by atoms with Gasteiger partial charge in [-0.2, -0.15) is 0 Å². The summed E-state index contributed by atoms with van der Waals surface area (Å²) in [4.78, 5) is 32.2. The highest BCUT2D eigenvalue weighted by atomic mass is 16.6. The summed E-state index contributed by atoms with van der Waals surface area (Å²) >= 11 is 0. The van der Waals surface area contributed by atoms with Crippen LogP contribution in [0.2, 0.25) is 0 Å². The van der Waals surface area contributed by atoms with E-state index < -0.39 is 27.2 Å². The zero-order valence-electron chi connectivity index (χ0n) is 12.5. The van der Waals surface area contributed by atoms with E-state index in [4.69, 9.17) is 9.47 Å². The van der Waals surface area contributed by atoms with Crippen molar-refractivity contribution >= 4 is 17.3 Å².